The van der Waals surface area contributed by atoms with Crippen LogP contribution in [0.25, 0.3) is 10.9 Å². The van der Waals surface area contributed by atoms with E-state index in [4.69, 9.17) is 4.74 Å². The molecule has 0 unspecified atom stereocenters. The van der Waals surface area contributed by atoms with Gasteiger partial charge in [-0.05, 0) is 18.6 Å². The quantitative estimate of drug-likeness (QED) is 0.664. The van der Waals surface area contributed by atoms with E-state index >= 15 is 0 Å². The summed E-state index contributed by atoms with van der Waals surface area (Å²) in [7, 11) is 0. The summed E-state index contributed by atoms with van der Waals surface area (Å²) < 4.78 is 5.06. The van der Waals surface area contributed by atoms with Gasteiger partial charge in [-0.2, -0.15) is 0 Å². The molecule has 1 heterocycles. The Bertz CT molecular complexity index is 670. The number of ether oxygens (including phenoxy) is 1. The normalized spacial score (nSPS) is 10.3. The number of H-pyrrole nitrogens is 1. The Labute approximate surface area is 104 Å². The summed E-state index contributed by atoms with van der Waals surface area (Å²) >= 11 is 0. The van der Waals surface area contributed by atoms with E-state index < -0.39 is 5.97 Å². The van der Waals surface area contributed by atoms with Gasteiger partial charge in [-0.3, -0.25) is 4.79 Å². The third kappa shape index (κ3) is 2.48. The van der Waals surface area contributed by atoms with Gasteiger partial charge >= 0.3 is 5.97 Å². The van der Waals surface area contributed by atoms with E-state index in [0.717, 1.165) is 5.57 Å². The van der Waals surface area contributed by atoms with Crippen molar-refractivity contribution in [3.05, 3.63) is 58.4 Å². The Morgan fingerprint density at radius 1 is 1.39 bits per heavy atom. The average Bonchev–Trinajstić information content (AvgIpc) is 2.34. The zero-order valence-corrected chi connectivity index (χ0v) is 10.0. The van der Waals surface area contributed by atoms with Crippen molar-refractivity contribution in [1.82, 2.24) is 4.98 Å². The van der Waals surface area contributed by atoms with Crippen LogP contribution in [0.3, 0.4) is 0 Å². The predicted molar refractivity (Wildman–Crippen MR) is 69.7 cm³/mol. The Hall–Kier alpha value is -2.36. The van der Waals surface area contributed by atoms with Crippen LogP contribution in [0.2, 0.25) is 0 Å². The van der Waals surface area contributed by atoms with E-state index in [1.165, 1.54) is 6.07 Å². The van der Waals surface area contributed by atoms with Gasteiger partial charge in [0.2, 0.25) is 5.56 Å². The predicted octanol–water partition coefficient (Wildman–Crippen LogP) is 2.26. The number of hydrogen-bond acceptors (Lipinski definition) is 3. The fourth-order valence-corrected chi connectivity index (χ4v) is 1.64. The van der Waals surface area contributed by atoms with E-state index in [-0.39, 0.29) is 17.7 Å². The molecule has 0 aliphatic carbocycles. The highest BCUT2D eigenvalue weighted by atomic mass is 16.5. The van der Waals surface area contributed by atoms with E-state index in [1.54, 1.807) is 31.2 Å². The van der Waals surface area contributed by atoms with Gasteiger partial charge in [-0.1, -0.05) is 24.8 Å². The zero-order chi connectivity index (χ0) is 13.1. The number of benzene rings is 1. The molecule has 0 amide bonds. The summed E-state index contributed by atoms with van der Waals surface area (Å²) in [5.41, 5.74) is 1.32. The van der Waals surface area contributed by atoms with E-state index in [2.05, 4.69) is 11.6 Å². The second-order valence-electron chi connectivity index (χ2n) is 4.13. The fraction of sp³-hybridized carbons (Fsp3) is 0.143. The van der Waals surface area contributed by atoms with Crippen molar-refractivity contribution < 1.29 is 9.53 Å². The summed E-state index contributed by atoms with van der Waals surface area (Å²) in [6.45, 7) is 5.58. The minimum absolute atomic E-state index is 0.153. The van der Waals surface area contributed by atoms with Crippen LogP contribution in [0, 0.1) is 0 Å². The summed E-state index contributed by atoms with van der Waals surface area (Å²) in [4.78, 5) is 26.0. The minimum atomic E-state index is -0.514. The number of para-hydroxylation sites is 1. The maximum atomic E-state index is 11.9. The van der Waals surface area contributed by atoms with Crippen molar-refractivity contribution in [2.45, 2.75) is 6.92 Å². The Kier molecular flexibility index (Phi) is 3.28. The average molecular weight is 243 g/mol. The molecule has 0 saturated heterocycles. The van der Waals surface area contributed by atoms with Crippen molar-refractivity contribution in [2.24, 2.45) is 0 Å². The van der Waals surface area contributed by atoms with Crippen molar-refractivity contribution in [3.8, 4) is 0 Å². The van der Waals surface area contributed by atoms with Gasteiger partial charge in [0.25, 0.3) is 0 Å². The lowest BCUT2D eigenvalue weighted by atomic mass is 10.1. The van der Waals surface area contributed by atoms with Crippen molar-refractivity contribution in [2.75, 3.05) is 6.61 Å². The zero-order valence-electron chi connectivity index (χ0n) is 10.0. The first-order valence-corrected chi connectivity index (χ1v) is 5.51. The summed E-state index contributed by atoms with van der Waals surface area (Å²) in [5.74, 6) is -0.514. The van der Waals surface area contributed by atoms with E-state index in [9.17, 15) is 9.59 Å². The number of aromatic amines is 1. The molecule has 0 aliphatic rings. The molecule has 1 N–H and O–H groups in total. The highest BCUT2D eigenvalue weighted by Gasteiger charge is 2.12. The van der Waals surface area contributed by atoms with Crippen LogP contribution in [0.15, 0.2) is 47.3 Å². The molecule has 0 bridgehead atoms. The first-order valence-electron chi connectivity index (χ1n) is 5.51. The highest BCUT2D eigenvalue weighted by molar-refractivity contribution is 6.03. The number of rotatable bonds is 3. The lowest BCUT2D eigenvalue weighted by Gasteiger charge is -2.06. The lowest BCUT2D eigenvalue weighted by Crippen LogP contribution is -2.13. The molecule has 92 valence electrons. The minimum Gasteiger partial charge on any atom is -0.458 e. The molecule has 4 heteroatoms. The Balaban J connectivity index is 2.46. The number of fused-ring (bicyclic) bond motifs is 1. The van der Waals surface area contributed by atoms with Crippen molar-refractivity contribution in [1.29, 1.82) is 0 Å². The maximum absolute atomic E-state index is 11.9. The van der Waals surface area contributed by atoms with Gasteiger partial charge < -0.3 is 9.72 Å². The largest absolute Gasteiger partial charge is 0.458 e. The molecular weight excluding hydrogens is 230 g/mol. The second-order valence-corrected chi connectivity index (χ2v) is 4.13. The molecule has 2 aromatic rings. The van der Waals surface area contributed by atoms with Crippen LogP contribution in [-0.4, -0.2) is 17.6 Å². The third-order valence-electron chi connectivity index (χ3n) is 2.42. The first kappa shape index (κ1) is 12.1. The second kappa shape index (κ2) is 4.87. The number of pyridine rings is 1. The van der Waals surface area contributed by atoms with E-state index in [1.807, 2.05) is 0 Å². The van der Waals surface area contributed by atoms with Gasteiger partial charge in [-0.25, -0.2) is 4.79 Å². The van der Waals surface area contributed by atoms with Crippen LogP contribution in [0.5, 0.6) is 0 Å². The van der Waals surface area contributed by atoms with E-state index in [0.29, 0.717) is 10.9 Å². The maximum Gasteiger partial charge on any atom is 0.339 e. The van der Waals surface area contributed by atoms with Crippen molar-refractivity contribution in [3.63, 3.8) is 0 Å². The molecule has 0 saturated carbocycles. The lowest BCUT2D eigenvalue weighted by molar-refractivity contribution is 0.0542. The molecule has 18 heavy (non-hydrogen) atoms. The Morgan fingerprint density at radius 3 is 2.83 bits per heavy atom. The molecule has 2 rings (SSSR count). The molecule has 0 aliphatic heterocycles. The fourth-order valence-electron chi connectivity index (χ4n) is 1.64. The molecule has 0 spiro atoms. The monoisotopic (exact) mass is 243 g/mol. The SMILES string of the molecule is C=C(C)COC(=O)c1cc(=O)[nH]c2ccccc12. The Morgan fingerprint density at radius 2 is 2.11 bits per heavy atom. The standard InChI is InChI=1S/C14H13NO3/c1-9(2)8-18-14(17)11-7-13(16)15-12-6-4-3-5-10(11)12/h3-7H,1,8H2,2H3,(H,15,16). The molecule has 1 aromatic heterocycles. The number of esters is 1. The molecular formula is C14H13NO3. The molecule has 4 nitrogen and oxygen atoms in total. The summed E-state index contributed by atoms with van der Waals surface area (Å²) in [5, 5.41) is 0.670. The topological polar surface area (TPSA) is 59.2 Å². The molecule has 0 atom stereocenters. The highest BCUT2D eigenvalue weighted by Crippen LogP contribution is 2.15. The molecule has 0 radical (unpaired) electrons. The van der Waals surface area contributed by atoms with Crippen LogP contribution < -0.4 is 5.56 Å². The van der Waals surface area contributed by atoms with Crippen molar-refractivity contribution >= 4 is 16.9 Å². The van der Waals surface area contributed by atoms with Gasteiger partial charge in [-0.15, -0.1) is 0 Å². The molecule has 1 aromatic carbocycles. The number of hydrogen-bond donors (Lipinski definition) is 1. The van der Waals surface area contributed by atoms with Crippen LogP contribution in [0.4, 0.5) is 0 Å². The summed E-state index contributed by atoms with van der Waals surface area (Å²) in [6, 6.07) is 8.36. The van der Waals surface area contributed by atoms with Gasteiger partial charge in [0.15, 0.2) is 0 Å². The number of carbonyl (C=O) groups is 1. The number of aromatic nitrogens is 1. The van der Waals surface area contributed by atoms with Crippen LogP contribution in [0.1, 0.15) is 17.3 Å². The summed E-state index contributed by atoms with van der Waals surface area (Å²) in [6.07, 6.45) is 0. The van der Waals surface area contributed by atoms with Gasteiger partial charge in [0.1, 0.15) is 6.61 Å². The van der Waals surface area contributed by atoms with Gasteiger partial charge in [0, 0.05) is 17.0 Å². The van der Waals surface area contributed by atoms with Crippen LogP contribution in [-0.2, 0) is 4.74 Å². The first-order chi connectivity index (χ1) is 8.58. The number of carbonyl (C=O) groups excluding carboxylic acids is 1. The third-order valence-corrected chi connectivity index (χ3v) is 2.42. The molecule has 0 fully saturated rings. The smallest absolute Gasteiger partial charge is 0.339 e. The van der Waals surface area contributed by atoms with Gasteiger partial charge in [0.05, 0.1) is 5.56 Å². The number of nitrogens with one attached hydrogen (secondary N) is 1. The van der Waals surface area contributed by atoms with Crippen LogP contribution >= 0.6 is 0 Å².